The number of aryl methyl sites for hydroxylation is 1. The zero-order chi connectivity index (χ0) is 19.4. The SMILES string of the molecule is Cc1cc2n(n1)CCNC2NC12CC(NC(O)COc3cccc(F)c3)(C1)C2. The van der Waals surface area contributed by atoms with Gasteiger partial charge in [0.25, 0.3) is 0 Å². The second-order valence-corrected chi connectivity index (χ2v) is 8.48. The normalized spacial score (nSPS) is 31.5. The number of fused-ring (bicyclic) bond motifs is 1. The lowest BCUT2D eigenvalue weighted by Gasteiger charge is -2.72. The van der Waals surface area contributed by atoms with E-state index >= 15 is 0 Å². The maximum atomic E-state index is 13.2. The van der Waals surface area contributed by atoms with Gasteiger partial charge in [0.05, 0.1) is 17.9 Å². The summed E-state index contributed by atoms with van der Waals surface area (Å²) < 4.78 is 20.7. The molecule has 6 rings (SSSR count). The average Bonchev–Trinajstić information content (AvgIpc) is 2.98. The van der Waals surface area contributed by atoms with Crippen molar-refractivity contribution in [3.63, 3.8) is 0 Å². The van der Waals surface area contributed by atoms with E-state index in [2.05, 4.69) is 31.8 Å². The fourth-order valence-corrected chi connectivity index (χ4v) is 5.05. The van der Waals surface area contributed by atoms with E-state index in [9.17, 15) is 9.50 Å². The van der Waals surface area contributed by atoms with Crippen molar-refractivity contribution in [2.45, 2.75) is 56.2 Å². The van der Waals surface area contributed by atoms with E-state index in [1.807, 2.05) is 6.92 Å². The first kappa shape index (κ1) is 18.1. The van der Waals surface area contributed by atoms with Crippen LogP contribution in [0.15, 0.2) is 30.3 Å². The maximum absolute atomic E-state index is 13.2. The van der Waals surface area contributed by atoms with Crippen molar-refractivity contribution in [3.8, 4) is 5.75 Å². The zero-order valence-corrected chi connectivity index (χ0v) is 15.9. The summed E-state index contributed by atoms with van der Waals surface area (Å²) in [6, 6.07) is 8.09. The van der Waals surface area contributed by atoms with Crippen LogP contribution < -0.4 is 20.7 Å². The van der Waals surface area contributed by atoms with Crippen LogP contribution in [-0.4, -0.2) is 45.3 Å². The minimum Gasteiger partial charge on any atom is -0.489 e. The number of halogens is 1. The van der Waals surface area contributed by atoms with Crippen LogP contribution in [0.3, 0.4) is 0 Å². The van der Waals surface area contributed by atoms with Crippen LogP contribution >= 0.6 is 0 Å². The largest absolute Gasteiger partial charge is 0.489 e. The second kappa shape index (κ2) is 6.52. The fourth-order valence-electron chi connectivity index (χ4n) is 5.05. The number of nitrogens with one attached hydrogen (secondary N) is 3. The number of nitrogens with zero attached hydrogens (tertiary/aromatic N) is 2. The molecule has 3 fully saturated rings. The fraction of sp³-hybridized carbons (Fsp3) is 0.550. The summed E-state index contributed by atoms with van der Waals surface area (Å²) in [6.45, 7) is 3.92. The highest BCUT2D eigenvalue weighted by Gasteiger charge is 2.68. The second-order valence-electron chi connectivity index (χ2n) is 8.48. The van der Waals surface area contributed by atoms with Crippen molar-refractivity contribution < 1.29 is 14.2 Å². The molecule has 0 spiro atoms. The van der Waals surface area contributed by atoms with Gasteiger partial charge >= 0.3 is 0 Å². The molecule has 2 heterocycles. The van der Waals surface area contributed by atoms with E-state index < -0.39 is 6.23 Å². The summed E-state index contributed by atoms with van der Waals surface area (Å²) >= 11 is 0. The van der Waals surface area contributed by atoms with E-state index in [4.69, 9.17) is 4.74 Å². The Morgan fingerprint density at radius 1 is 1.36 bits per heavy atom. The first-order valence-electron chi connectivity index (χ1n) is 9.84. The zero-order valence-electron chi connectivity index (χ0n) is 15.9. The van der Waals surface area contributed by atoms with Gasteiger partial charge in [0, 0.05) is 23.7 Å². The number of benzene rings is 1. The summed E-state index contributed by atoms with van der Waals surface area (Å²) in [6.07, 6.45) is 2.26. The van der Waals surface area contributed by atoms with Gasteiger partial charge < -0.3 is 9.84 Å². The third kappa shape index (κ3) is 3.20. The number of aliphatic hydroxyl groups excluding tert-OH is 1. The highest BCUT2D eigenvalue weighted by molar-refractivity contribution is 5.30. The molecule has 3 aliphatic carbocycles. The van der Waals surface area contributed by atoms with Crippen LogP contribution in [-0.2, 0) is 6.54 Å². The van der Waals surface area contributed by atoms with Gasteiger partial charge in [0.15, 0.2) is 0 Å². The Labute approximate surface area is 163 Å². The molecule has 2 unspecified atom stereocenters. The highest BCUT2D eigenvalue weighted by Crippen LogP contribution is 2.61. The van der Waals surface area contributed by atoms with E-state index in [1.54, 1.807) is 12.1 Å². The molecule has 0 saturated heterocycles. The summed E-state index contributed by atoms with van der Waals surface area (Å²) in [5, 5.41) is 25.4. The minimum absolute atomic E-state index is 0.0253. The van der Waals surface area contributed by atoms with Crippen molar-refractivity contribution in [1.82, 2.24) is 25.7 Å². The number of hydrogen-bond donors (Lipinski definition) is 4. The number of rotatable bonds is 7. The van der Waals surface area contributed by atoms with E-state index in [0.29, 0.717) is 5.75 Å². The van der Waals surface area contributed by atoms with Crippen LogP contribution in [0.4, 0.5) is 4.39 Å². The van der Waals surface area contributed by atoms with E-state index in [1.165, 1.54) is 17.8 Å². The Kier molecular flexibility index (Phi) is 4.20. The Hall–Kier alpha value is -2.00. The molecule has 2 atom stereocenters. The van der Waals surface area contributed by atoms with Crippen molar-refractivity contribution in [2.24, 2.45) is 0 Å². The molecule has 1 aromatic carbocycles. The van der Waals surface area contributed by atoms with Gasteiger partial charge in [0.2, 0.25) is 0 Å². The van der Waals surface area contributed by atoms with Gasteiger partial charge in [-0.25, -0.2) is 4.39 Å². The van der Waals surface area contributed by atoms with Crippen molar-refractivity contribution in [1.29, 1.82) is 0 Å². The number of hydrogen-bond acceptors (Lipinski definition) is 6. The highest BCUT2D eigenvalue weighted by atomic mass is 19.1. The Morgan fingerprint density at radius 2 is 2.18 bits per heavy atom. The van der Waals surface area contributed by atoms with Crippen molar-refractivity contribution >= 4 is 0 Å². The molecule has 1 aromatic heterocycles. The molecule has 150 valence electrons. The lowest BCUT2D eigenvalue weighted by Crippen LogP contribution is -2.84. The van der Waals surface area contributed by atoms with Gasteiger partial charge in [-0.2, -0.15) is 5.10 Å². The minimum atomic E-state index is -0.779. The van der Waals surface area contributed by atoms with Crippen LogP contribution in [0, 0.1) is 12.7 Å². The standard InChI is InChI=1S/C20H26FN5O2/c1-13-7-16-18(22-5-6-26(16)25-13)24-20-10-19(11-20,12-20)23-17(27)9-28-15-4-2-3-14(21)8-15/h2-4,7-8,17-18,22-24,27H,5-6,9-12H2,1H3. The van der Waals surface area contributed by atoms with Gasteiger partial charge in [-0.15, -0.1) is 0 Å². The molecule has 1 aliphatic heterocycles. The first-order valence-corrected chi connectivity index (χ1v) is 9.84. The van der Waals surface area contributed by atoms with Gasteiger partial charge in [-0.1, -0.05) is 6.07 Å². The number of aliphatic hydroxyl groups is 1. The van der Waals surface area contributed by atoms with Gasteiger partial charge in [-0.3, -0.25) is 20.6 Å². The Morgan fingerprint density at radius 3 is 2.96 bits per heavy atom. The molecule has 28 heavy (non-hydrogen) atoms. The molecule has 8 heteroatoms. The average molecular weight is 387 g/mol. The number of aromatic nitrogens is 2. The van der Waals surface area contributed by atoms with Gasteiger partial charge in [-0.05, 0) is 44.4 Å². The molecule has 7 nitrogen and oxygen atoms in total. The predicted molar refractivity (Wildman–Crippen MR) is 101 cm³/mol. The van der Waals surface area contributed by atoms with Crippen molar-refractivity contribution in [3.05, 3.63) is 47.5 Å². The summed E-state index contributed by atoms with van der Waals surface area (Å²) in [5.41, 5.74) is 2.33. The molecule has 2 bridgehead atoms. The molecular weight excluding hydrogens is 361 g/mol. The monoisotopic (exact) mass is 387 g/mol. The molecule has 0 amide bonds. The van der Waals surface area contributed by atoms with E-state index in [0.717, 1.165) is 38.0 Å². The van der Waals surface area contributed by atoms with Gasteiger partial charge in [0.1, 0.15) is 30.6 Å². The molecule has 4 N–H and O–H groups in total. The lowest BCUT2D eigenvalue weighted by atomic mass is 9.44. The number of ether oxygens (including phenoxy) is 1. The van der Waals surface area contributed by atoms with Crippen molar-refractivity contribution in [2.75, 3.05) is 13.2 Å². The van der Waals surface area contributed by atoms with Crippen LogP contribution in [0.2, 0.25) is 0 Å². The quantitative estimate of drug-likeness (QED) is 0.534. The van der Waals surface area contributed by atoms with E-state index in [-0.39, 0.29) is 29.7 Å². The third-order valence-corrected chi connectivity index (χ3v) is 6.06. The lowest BCUT2D eigenvalue weighted by molar-refractivity contribution is -0.140. The van der Waals surface area contributed by atoms with Crippen LogP contribution in [0.1, 0.15) is 36.8 Å². The Balaban J connectivity index is 1.12. The molecule has 0 radical (unpaired) electrons. The summed E-state index contributed by atoms with van der Waals surface area (Å²) in [7, 11) is 0. The summed E-state index contributed by atoms with van der Waals surface area (Å²) in [4.78, 5) is 0. The van der Waals surface area contributed by atoms with Crippen LogP contribution in [0.5, 0.6) is 5.75 Å². The molecule has 2 aromatic rings. The van der Waals surface area contributed by atoms with Crippen LogP contribution in [0.25, 0.3) is 0 Å². The third-order valence-electron chi connectivity index (χ3n) is 6.06. The first-order chi connectivity index (χ1) is 13.4. The Bertz CT molecular complexity index is 865. The molecule has 4 aliphatic rings. The smallest absolute Gasteiger partial charge is 0.139 e. The maximum Gasteiger partial charge on any atom is 0.139 e. The molecule has 3 saturated carbocycles. The predicted octanol–water partition coefficient (Wildman–Crippen LogP) is 1.18. The summed E-state index contributed by atoms with van der Waals surface area (Å²) in [5.74, 6) is 0.0760. The topological polar surface area (TPSA) is 83.4 Å². The molecular formula is C20H26FN5O2.